The number of nitrogens with zero attached hydrogens (tertiary/aromatic N) is 2. The van der Waals surface area contributed by atoms with Crippen molar-refractivity contribution in [2.45, 2.75) is 19.1 Å². The molecule has 0 saturated carbocycles. The van der Waals surface area contributed by atoms with Crippen molar-refractivity contribution in [2.24, 2.45) is 0 Å². The van der Waals surface area contributed by atoms with Crippen LogP contribution < -0.4 is 14.4 Å². The van der Waals surface area contributed by atoms with Crippen molar-refractivity contribution in [2.75, 3.05) is 36.2 Å². The van der Waals surface area contributed by atoms with Gasteiger partial charge < -0.3 is 19.2 Å². The van der Waals surface area contributed by atoms with Crippen LogP contribution >= 0.6 is 0 Å². The summed E-state index contributed by atoms with van der Waals surface area (Å²) in [6, 6.07) is 13.8. The Morgan fingerprint density at radius 3 is 2.26 bits per heavy atom. The summed E-state index contributed by atoms with van der Waals surface area (Å²) in [6.07, 6.45) is 0.340. The normalized spacial score (nSPS) is 17.5. The van der Waals surface area contributed by atoms with E-state index in [-0.39, 0.29) is 41.0 Å². The molecule has 14 heteroatoms. The van der Waals surface area contributed by atoms with Gasteiger partial charge in [0, 0.05) is 24.4 Å². The van der Waals surface area contributed by atoms with Crippen LogP contribution in [0.2, 0.25) is 0 Å². The topological polar surface area (TPSA) is 145 Å². The Labute approximate surface area is 242 Å². The molecule has 0 saturated heterocycles. The van der Waals surface area contributed by atoms with Gasteiger partial charge in [-0.3, -0.25) is 9.10 Å². The number of ether oxygens (including phenoxy) is 2. The van der Waals surface area contributed by atoms with E-state index in [1.54, 1.807) is 37.3 Å². The number of aromatic nitrogens is 1. The zero-order chi connectivity index (χ0) is 30.4. The molecule has 3 heterocycles. The fourth-order valence-corrected chi connectivity index (χ4v) is 6.55. The monoisotopic (exact) mass is 617 g/mol. The van der Waals surface area contributed by atoms with Gasteiger partial charge >= 0.3 is 0 Å². The summed E-state index contributed by atoms with van der Waals surface area (Å²) in [5, 5.41) is 2.92. The highest BCUT2D eigenvalue weighted by molar-refractivity contribution is 7.92. The molecule has 42 heavy (non-hydrogen) atoms. The molecule has 1 amide bonds. The molecule has 2 atom stereocenters. The quantitative estimate of drug-likeness (QED) is 0.325. The van der Waals surface area contributed by atoms with Crippen molar-refractivity contribution in [3.63, 3.8) is 0 Å². The first-order valence-electron chi connectivity index (χ1n) is 12.8. The maximum absolute atomic E-state index is 13.2. The van der Waals surface area contributed by atoms with E-state index in [1.165, 1.54) is 31.3 Å². The second-order valence-electron chi connectivity index (χ2n) is 10.0. The number of sulfone groups is 1. The first-order chi connectivity index (χ1) is 19.7. The molecule has 2 aromatic carbocycles. The molecule has 0 fully saturated rings. The van der Waals surface area contributed by atoms with Crippen LogP contribution in [0.15, 0.2) is 59.0 Å². The van der Waals surface area contributed by atoms with E-state index >= 15 is 0 Å². The van der Waals surface area contributed by atoms with Gasteiger partial charge in [-0.15, -0.1) is 0 Å². The minimum atomic E-state index is -3.91. The molecular formula is C28H28FN3O8S2. The van der Waals surface area contributed by atoms with Crippen LogP contribution in [0, 0.1) is 5.82 Å². The average Bonchev–Trinajstić information content (AvgIpc) is 3.22. The van der Waals surface area contributed by atoms with Gasteiger partial charge in [-0.25, -0.2) is 21.2 Å². The van der Waals surface area contributed by atoms with Crippen LogP contribution in [0.3, 0.4) is 0 Å². The van der Waals surface area contributed by atoms with Crippen molar-refractivity contribution < 1.29 is 39.9 Å². The number of hydrogen-bond donors (Lipinski definition) is 1. The smallest absolute Gasteiger partial charge is 0.255 e. The van der Waals surface area contributed by atoms with Crippen LogP contribution in [0.4, 0.5) is 10.2 Å². The minimum Gasteiger partial charge on any atom is -0.457 e. The number of nitrogens with one attached hydrogen (secondary N) is 1. The highest BCUT2D eigenvalue weighted by Crippen LogP contribution is 2.40. The second-order valence-corrected chi connectivity index (χ2v) is 14.1. The molecule has 1 aliphatic heterocycles. The SMILES string of the molecule is CNC(=O)c1c(-c2ccc(Oc3ccc(F)cc3)cc2)oc2nc3c(cc12)[C@H](C)O[C@H](CS(C)(=O)=O)CN3S(C)(=O)=O. The van der Waals surface area contributed by atoms with Gasteiger partial charge in [0.25, 0.3) is 5.91 Å². The summed E-state index contributed by atoms with van der Waals surface area (Å²) < 4.78 is 81.7. The average molecular weight is 618 g/mol. The largest absolute Gasteiger partial charge is 0.457 e. The lowest BCUT2D eigenvalue weighted by molar-refractivity contribution is 0.0193. The lowest BCUT2D eigenvalue weighted by atomic mass is 10.0. The number of amides is 1. The van der Waals surface area contributed by atoms with Gasteiger partial charge in [0.2, 0.25) is 15.7 Å². The molecule has 0 spiro atoms. The highest BCUT2D eigenvalue weighted by Gasteiger charge is 2.36. The van der Waals surface area contributed by atoms with Crippen molar-refractivity contribution in [3.8, 4) is 22.8 Å². The van der Waals surface area contributed by atoms with E-state index in [0.717, 1.165) is 16.8 Å². The number of carbonyl (C=O) groups is 1. The van der Waals surface area contributed by atoms with Crippen LogP contribution in [0.1, 0.15) is 28.9 Å². The van der Waals surface area contributed by atoms with Gasteiger partial charge in [0.15, 0.2) is 5.82 Å². The predicted molar refractivity (Wildman–Crippen MR) is 154 cm³/mol. The van der Waals surface area contributed by atoms with Crippen molar-refractivity contribution in [1.29, 1.82) is 0 Å². The van der Waals surface area contributed by atoms with Crippen molar-refractivity contribution >= 4 is 42.7 Å². The van der Waals surface area contributed by atoms with Crippen LogP contribution in [-0.2, 0) is 24.6 Å². The molecule has 5 rings (SSSR count). The van der Waals surface area contributed by atoms with Gasteiger partial charge in [0.1, 0.15) is 32.9 Å². The van der Waals surface area contributed by atoms with Gasteiger partial charge in [0.05, 0.1) is 41.7 Å². The summed E-state index contributed by atoms with van der Waals surface area (Å²) in [7, 11) is -5.94. The summed E-state index contributed by atoms with van der Waals surface area (Å²) in [4.78, 5) is 17.6. The number of carbonyl (C=O) groups excluding carboxylic acids is 1. The molecule has 4 aromatic rings. The van der Waals surface area contributed by atoms with E-state index < -0.39 is 38.0 Å². The van der Waals surface area contributed by atoms with Gasteiger partial charge in [-0.05, 0) is 61.5 Å². The molecule has 0 radical (unpaired) electrons. The van der Waals surface area contributed by atoms with Crippen LogP contribution in [0.25, 0.3) is 22.4 Å². The fourth-order valence-electron chi connectivity index (χ4n) is 4.79. The number of anilines is 1. The van der Waals surface area contributed by atoms with Gasteiger partial charge in [-0.1, -0.05) is 0 Å². The standard InChI is InChI=1S/C28H28FN3O8S2/c1-16-22-13-23-24(27(33)30-2)25(17-5-9-19(10-6-17)39-20-11-7-18(29)8-12-20)40-28(23)31-26(22)32(42(4,36)37)14-21(38-16)15-41(3,34)35/h5-13,16,21H,14-15H2,1-4H3,(H,30,33)/t16-,21-/m0/s1. The summed E-state index contributed by atoms with van der Waals surface area (Å²) in [5.41, 5.74) is 1.05. The summed E-state index contributed by atoms with van der Waals surface area (Å²) >= 11 is 0. The third-order valence-corrected chi connectivity index (χ3v) is 8.74. The molecule has 11 nitrogen and oxygen atoms in total. The van der Waals surface area contributed by atoms with E-state index in [9.17, 15) is 26.0 Å². The number of furan rings is 1. The number of halogens is 1. The summed E-state index contributed by atoms with van der Waals surface area (Å²) in [5.74, 6) is -0.109. The fraction of sp³-hybridized carbons (Fsp3) is 0.286. The number of sulfonamides is 1. The molecular weight excluding hydrogens is 589 g/mol. The molecule has 0 bridgehead atoms. The molecule has 2 aromatic heterocycles. The van der Waals surface area contributed by atoms with Gasteiger partial charge in [-0.2, -0.15) is 4.98 Å². The number of pyridine rings is 1. The maximum atomic E-state index is 13.2. The third kappa shape index (κ3) is 6.10. The Morgan fingerprint density at radius 2 is 1.69 bits per heavy atom. The first-order valence-corrected chi connectivity index (χ1v) is 16.7. The number of benzene rings is 2. The highest BCUT2D eigenvalue weighted by atomic mass is 32.2. The molecule has 1 aliphatic rings. The van der Waals surface area contributed by atoms with Crippen LogP contribution in [0.5, 0.6) is 11.5 Å². The van der Waals surface area contributed by atoms with Crippen molar-refractivity contribution in [3.05, 3.63) is 71.5 Å². The van der Waals surface area contributed by atoms with E-state index in [4.69, 9.17) is 13.9 Å². The Balaban J connectivity index is 1.60. The zero-order valence-electron chi connectivity index (χ0n) is 23.1. The number of fused-ring (bicyclic) bond motifs is 2. The lowest BCUT2D eigenvalue weighted by Crippen LogP contribution is -2.39. The molecule has 222 valence electrons. The molecule has 0 unspecified atom stereocenters. The first kappa shape index (κ1) is 29.5. The maximum Gasteiger partial charge on any atom is 0.255 e. The van der Waals surface area contributed by atoms with E-state index in [2.05, 4.69) is 10.3 Å². The zero-order valence-corrected chi connectivity index (χ0v) is 24.8. The third-order valence-electron chi connectivity index (χ3n) is 6.64. The predicted octanol–water partition coefficient (Wildman–Crippen LogP) is 4.06. The van der Waals surface area contributed by atoms with Crippen LogP contribution in [-0.4, -0.2) is 65.7 Å². The van der Waals surface area contributed by atoms with E-state index in [0.29, 0.717) is 28.0 Å². The molecule has 0 aliphatic carbocycles. The lowest BCUT2D eigenvalue weighted by Gasteiger charge is -2.23. The van der Waals surface area contributed by atoms with Crippen molar-refractivity contribution in [1.82, 2.24) is 10.3 Å². The second kappa shape index (κ2) is 11.0. The summed E-state index contributed by atoms with van der Waals surface area (Å²) in [6.45, 7) is 1.39. The Morgan fingerprint density at radius 1 is 1.07 bits per heavy atom. The Bertz CT molecular complexity index is 1870. The number of rotatable bonds is 7. The Hall–Kier alpha value is -4.01. The molecule has 1 N–H and O–H groups in total. The number of hydrogen-bond acceptors (Lipinski definition) is 9. The van der Waals surface area contributed by atoms with E-state index in [1.807, 2.05) is 0 Å². The minimum absolute atomic E-state index is 0.0106. The Kier molecular flexibility index (Phi) is 7.72.